The van der Waals surface area contributed by atoms with Gasteiger partial charge in [-0.15, -0.1) is 10.1 Å². The second-order valence-electron chi connectivity index (χ2n) is 7.42. The molecule has 1 fully saturated rings. The van der Waals surface area contributed by atoms with Crippen LogP contribution in [0.5, 0.6) is 0 Å². The number of rotatable bonds is 11. The molecule has 1 aromatic rings. The molecule has 1 aliphatic carbocycles. The van der Waals surface area contributed by atoms with E-state index in [1.807, 2.05) is 0 Å². The molecular weight excluding hydrogens is 364 g/mol. The summed E-state index contributed by atoms with van der Waals surface area (Å²) in [7, 11) is 0. The van der Waals surface area contributed by atoms with Gasteiger partial charge in [0.2, 0.25) is 0 Å². The van der Waals surface area contributed by atoms with E-state index in [1.165, 1.54) is 32.1 Å². The lowest BCUT2D eigenvalue weighted by molar-refractivity contribution is -0.757. The fraction of sp³-hybridized carbons (Fsp3) is 0.650. The minimum absolute atomic E-state index is 0.0573. The molecule has 0 aliphatic heterocycles. The van der Waals surface area contributed by atoms with Crippen molar-refractivity contribution in [1.29, 1.82) is 0 Å². The van der Waals surface area contributed by atoms with Gasteiger partial charge in [-0.05, 0) is 24.3 Å². The van der Waals surface area contributed by atoms with E-state index in [4.69, 9.17) is 4.74 Å². The number of carbonyl (C=O) groups excluding carboxylic acids is 2. The van der Waals surface area contributed by atoms with Crippen LogP contribution >= 0.6 is 0 Å². The van der Waals surface area contributed by atoms with Crippen molar-refractivity contribution in [2.75, 3.05) is 6.61 Å². The Morgan fingerprint density at radius 2 is 2.07 bits per heavy atom. The molecule has 1 aliphatic rings. The molecule has 1 heterocycles. The van der Waals surface area contributed by atoms with Gasteiger partial charge < -0.3 is 9.57 Å². The maximum atomic E-state index is 12.2. The van der Waals surface area contributed by atoms with E-state index in [2.05, 4.69) is 11.8 Å². The molecule has 1 aromatic heterocycles. The summed E-state index contributed by atoms with van der Waals surface area (Å²) >= 11 is 0. The molecule has 0 bridgehead atoms. The Hall–Kier alpha value is -2.51. The monoisotopic (exact) mass is 393 g/mol. The molecule has 2 rings (SSSR count). The predicted octanol–water partition coefficient (Wildman–Crippen LogP) is 3.25. The number of nitrogens with zero attached hydrogens (tertiary/aromatic N) is 2. The molecule has 0 aromatic carbocycles. The van der Waals surface area contributed by atoms with E-state index < -0.39 is 5.09 Å². The Kier molecular flexibility index (Phi) is 8.84. The van der Waals surface area contributed by atoms with Crippen molar-refractivity contribution in [1.82, 2.24) is 0 Å². The Morgan fingerprint density at radius 3 is 2.79 bits per heavy atom. The summed E-state index contributed by atoms with van der Waals surface area (Å²) < 4.78 is 7.01. The lowest BCUT2D eigenvalue weighted by atomic mass is 9.79. The summed E-state index contributed by atoms with van der Waals surface area (Å²) in [6, 6.07) is 3.37. The molecule has 8 nitrogen and oxygen atoms in total. The van der Waals surface area contributed by atoms with Gasteiger partial charge in [-0.1, -0.05) is 39.0 Å². The number of aromatic nitrogens is 1. The van der Waals surface area contributed by atoms with Crippen LogP contribution in [-0.2, 0) is 21.1 Å². The highest BCUT2D eigenvalue weighted by atomic mass is 16.9. The summed E-state index contributed by atoms with van der Waals surface area (Å²) in [5.41, 5.74) is 0.468. The number of hydrogen-bond acceptors (Lipinski definition) is 6. The minimum Gasteiger partial charge on any atom is -0.405 e. The molecule has 1 atom stereocenters. The maximum Gasteiger partial charge on any atom is 0.310 e. The van der Waals surface area contributed by atoms with Gasteiger partial charge in [0, 0.05) is 18.9 Å². The topological polar surface area (TPSA) is 99.6 Å². The van der Waals surface area contributed by atoms with Crippen molar-refractivity contribution in [2.24, 2.45) is 11.8 Å². The molecule has 28 heavy (non-hydrogen) atoms. The molecule has 0 saturated heterocycles. The van der Waals surface area contributed by atoms with Gasteiger partial charge in [-0.3, -0.25) is 9.59 Å². The Morgan fingerprint density at radius 1 is 1.32 bits per heavy atom. The fourth-order valence-electron chi connectivity index (χ4n) is 3.62. The van der Waals surface area contributed by atoms with Crippen molar-refractivity contribution in [2.45, 2.75) is 65.0 Å². The van der Waals surface area contributed by atoms with Crippen LogP contribution in [0.2, 0.25) is 0 Å². The van der Waals surface area contributed by atoms with Crippen molar-refractivity contribution >= 4 is 11.8 Å². The fourth-order valence-corrected chi connectivity index (χ4v) is 3.62. The summed E-state index contributed by atoms with van der Waals surface area (Å²) in [6.07, 6.45) is 10.4. The highest BCUT2D eigenvalue weighted by Gasteiger charge is 2.23. The van der Waals surface area contributed by atoms with Gasteiger partial charge in [-0.25, -0.2) is 0 Å². The van der Waals surface area contributed by atoms with Crippen LogP contribution in [0, 0.1) is 22.0 Å². The van der Waals surface area contributed by atoms with E-state index in [-0.39, 0.29) is 37.9 Å². The summed E-state index contributed by atoms with van der Waals surface area (Å²) in [5, 5.41) is 9.23. The van der Waals surface area contributed by atoms with Crippen LogP contribution in [0.1, 0.15) is 68.6 Å². The van der Waals surface area contributed by atoms with Crippen molar-refractivity contribution in [3.8, 4) is 0 Å². The third-order valence-corrected chi connectivity index (χ3v) is 5.24. The zero-order valence-electron chi connectivity index (χ0n) is 16.4. The molecule has 0 spiro atoms. The Bertz CT molecular complexity index is 672. The second-order valence-corrected chi connectivity index (χ2v) is 7.42. The first-order valence-corrected chi connectivity index (χ1v) is 9.91. The first kappa shape index (κ1) is 21.8. The van der Waals surface area contributed by atoms with Crippen LogP contribution < -0.4 is 4.57 Å². The SMILES string of the molecule is C[C@H](CC(=O)OC[n+]1cccc(C(=O)CCCO[N+](=O)[O-])c1)C1CCCCC1. The number of esters is 1. The average molecular weight is 393 g/mol. The quantitative estimate of drug-likeness (QED) is 0.143. The lowest BCUT2D eigenvalue weighted by Crippen LogP contribution is -2.36. The largest absolute Gasteiger partial charge is 0.405 e. The number of carbonyl (C=O) groups is 2. The first-order valence-electron chi connectivity index (χ1n) is 9.91. The van der Waals surface area contributed by atoms with E-state index >= 15 is 0 Å². The third-order valence-electron chi connectivity index (χ3n) is 5.24. The highest BCUT2D eigenvalue weighted by molar-refractivity contribution is 5.95. The molecule has 0 radical (unpaired) electrons. The lowest BCUT2D eigenvalue weighted by Gasteiger charge is -2.26. The zero-order chi connectivity index (χ0) is 20.4. The molecule has 0 unspecified atom stereocenters. The summed E-state index contributed by atoms with van der Waals surface area (Å²) in [6.45, 7) is 2.07. The van der Waals surface area contributed by atoms with E-state index in [0.29, 0.717) is 23.8 Å². The van der Waals surface area contributed by atoms with Gasteiger partial charge in [-0.2, -0.15) is 4.57 Å². The van der Waals surface area contributed by atoms with Crippen molar-refractivity contribution in [3.63, 3.8) is 0 Å². The molecule has 1 saturated carbocycles. The zero-order valence-corrected chi connectivity index (χ0v) is 16.4. The van der Waals surface area contributed by atoms with Gasteiger partial charge in [0.1, 0.15) is 0 Å². The standard InChI is InChI=1S/C20H29N2O6/c1-16(17-7-3-2-4-8-17)13-20(24)27-15-21-11-5-9-18(14-21)19(23)10-6-12-28-22(25)26/h5,9,11,14,16-17H,2-4,6-8,10,12-13,15H2,1H3/q+1/t16-/m1/s1. The second kappa shape index (κ2) is 11.4. The predicted molar refractivity (Wildman–Crippen MR) is 99.6 cm³/mol. The normalized spacial score (nSPS) is 15.6. The Labute approximate surface area is 164 Å². The smallest absolute Gasteiger partial charge is 0.310 e. The van der Waals surface area contributed by atoms with Crippen molar-refractivity contribution < 1.29 is 28.8 Å². The van der Waals surface area contributed by atoms with E-state index in [1.54, 1.807) is 29.1 Å². The number of pyridine rings is 1. The minimum atomic E-state index is -0.871. The average Bonchev–Trinajstić information content (AvgIpc) is 2.70. The number of Topliss-reactive ketones (excluding diaryl/α,β-unsaturated/α-hetero) is 1. The maximum absolute atomic E-state index is 12.2. The van der Waals surface area contributed by atoms with Crippen molar-refractivity contribution in [3.05, 3.63) is 40.2 Å². The number of ether oxygens (including phenoxy) is 1. The van der Waals surface area contributed by atoms with Crippen LogP contribution in [0.25, 0.3) is 0 Å². The van der Waals surface area contributed by atoms with E-state index in [0.717, 1.165) is 0 Å². The van der Waals surface area contributed by atoms with Crippen LogP contribution in [0.4, 0.5) is 0 Å². The summed E-state index contributed by atoms with van der Waals surface area (Å²) in [4.78, 5) is 38.6. The van der Waals surface area contributed by atoms with Crippen LogP contribution in [0.15, 0.2) is 24.5 Å². The van der Waals surface area contributed by atoms with Crippen LogP contribution in [0.3, 0.4) is 0 Å². The molecular formula is C20H29N2O6+. The molecule has 0 amide bonds. The molecule has 0 N–H and O–H groups in total. The van der Waals surface area contributed by atoms with Gasteiger partial charge in [0.05, 0.1) is 12.2 Å². The molecule has 154 valence electrons. The van der Waals surface area contributed by atoms with Gasteiger partial charge >= 0.3 is 5.97 Å². The molecule has 8 heteroatoms. The Balaban J connectivity index is 1.76. The number of ketones is 1. The van der Waals surface area contributed by atoms with Gasteiger partial charge in [0.25, 0.3) is 11.8 Å². The highest BCUT2D eigenvalue weighted by Crippen LogP contribution is 2.31. The van der Waals surface area contributed by atoms with Crippen LogP contribution in [-0.4, -0.2) is 23.4 Å². The third kappa shape index (κ3) is 7.62. The number of hydrogen-bond donors (Lipinski definition) is 0. The van der Waals surface area contributed by atoms with Gasteiger partial charge in [0.15, 0.2) is 18.2 Å². The summed E-state index contributed by atoms with van der Waals surface area (Å²) in [5.74, 6) is 0.569. The first-order chi connectivity index (χ1) is 13.5. The van der Waals surface area contributed by atoms with E-state index in [9.17, 15) is 19.7 Å².